The molecule has 3 aromatic rings. The van der Waals surface area contributed by atoms with Crippen LogP contribution < -0.4 is 4.74 Å². The average molecular weight is 450 g/mol. The van der Waals surface area contributed by atoms with E-state index in [0.717, 1.165) is 24.2 Å². The molecule has 5 heteroatoms. The summed E-state index contributed by atoms with van der Waals surface area (Å²) in [7, 11) is -0.113. The van der Waals surface area contributed by atoms with Gasteiger partial charge < -0.3 is 4.74 Å². The topological polar surface area (TPSA) is 46.6 Å². The van der Waals surface area contributed by atoms with E-state index in [1.54, 1.807) is 26.3 Å². The molecule has 1 aliphatic rings. The number of methoxy groups -OCH3 is 1. The molecule has 0 N–H and O–H groups in total. The van der Waals surface area contributed by atoms with Crippen molar-refractivity contribution in [2.45, 2.75) is 43.4 Å². The summed E-state index contributed by atoms with van der Waals surface area (Å²) in [5.74, 6) is 1.69. The van der Waals surface area contributed by atoms with Gasteiger partial charge in [-0.15, -0.1) is 0 Å². The summed E-state index contributed by atoms with van der Waals surface area (Å²) in [4.78, 5) is 0.395. The Morgan fingerprint density at radius 3 is 2.34 bits per heavy atom. The van der Waals surface area contributed by atoms with Crippen LogP contribution in [0.1, 0.15) is 48.3 Å². The summed E-state index contributed by atoms with van der Waals surface area (Å²) in [6, 6.07) is 22.0. The molecule has 4 nitrogen and oxygen atoms in total. The van der Waals surface area contributed by atoms with Gasteiger partial charge in [0.15, 0.2) is 0 Å². The number of sulfonamides is 1. The van der Waals surface area contributed by atoms with Crippen LogP contribution in [0.4, 0.5) is 0 Å². The van der Waals surface area contributed by atoms with Gasteiger partial charge in [0.2, 0.25) is 10.0 Å². The first-order valence-electron chi connectivity index (χ1n) is 11.1. The van der Waals surface area contributed by atoms with Crippen LogP contribution in [0.3, 0.4) is 0 Å². The van der Waals surface area contributed by atoms with Crippen LogP contribution >= 0.6 is 0 Å². The van der Waals surface area contributed by atoms with E-state index in [0.29, 0.717) is 23.3 Å². The van der Waals surface area contributed by atoms with Gasteiger partial charge in [0.1, 0.15) is 5.75 Å². The molecule has 0 saturated heterocycles. The van der Waals surface area contributed by atoms with Gasteiger partial charge >= 0.3 is 0 Å². The number of nitrogens with zero attached hydrogens (tertiary/aromatic N) is 1. The van der Waals surface area contributed by atoms with E-state index in [9.17, 15) is 8.42 Å². The van der Waals surface area contributed by atoms with Crippen LogP contribution in [-0.2, 0) is 10.0 Å². The molecule has 0 amide bonds. The maximum absolute atomic E-state index is 13.0. The van der Waals surface area contributed by atoms with Crippen molar-refractivity contribution in [1.82, 2.24) is 4.31 Å². The summed E-state index contributed by atoms with van der Waals surface area (Å²) < 4.78 is 32.8. The zero-order chi connectivity index (χ0) is 22.9. The fraction of sp³-hybridized carbons (Fsp3) is 0.333. The van der Waals surface area contributed by atoms with Gasteiger partial charge in [0.25, 0.3) is 0 Å². The highest BCUT2D eigenvalue weighted by molar-refractivity contribution is 7.89. The van der Waals surface area contributed by atoms with Gasteiger partial charge in [-0.2, -0.15) is 0 Å². The largest absolute Gasteiger partial charge is 0.497 e. The van der Waals surface area contributed by atoms with Gasteiger partial charge in [0, 0.05) is 13.6 Å². The molecule has 32 heavy (non-hydrogen) atoms. The van der Waals surface area contributed by atoms with Gasteiger partial charge in [-0.05, 0) is 77.6 Å². The molecular formula is C27H31NO3S. The molecule has 4 rings (SSSR count). The standard InChI is InChI=1S/C27H31NO3S/c1-19-7-5-6-8-27(19)32(29,30)28(3)16-15-23-17-20(2)26-18-22(11-14-25(23)26)21-9-12-24(31-4)13-10-21/h5-14,18,20,23H,15-17H2,1-4H3/t20-,23-/m1/s1. The van der Waals surface area contributed by atoms with Gasteiger partial charge in [-0.1, -0.05) is 55.5 Å². The van der Waals surface area contributed by atoms with Crippen molar-refractivity contribution in [3.05, 3.63) is 83.4 Å². The fourth-order valence-electron chi connectivity index (χ4n) is 4.76. The zero-order valence-corrected chi connectivity index (χ0v) is 20.0. The maximum atomic E-state index is 13.0. The van der Waals surface area contributed by atoms with Crippen molar-refractivity contribution in [2.75, 3.05) is 20.7 Å². The molecule has 0 saturated carbocycles. The second kappa shape index (κ2) is 9.08. The Bertz CT molecular complexity index is 1200. The molecule has 0 bridgehead atoms. The Labute approximate surface area is 191 Å². The highest BCUT2D eigenvalue weighted by Gasteiger charge is 2.30. The maximum Gasteiger partial charge on any atom is 0.243 e. The monoisotopic (exact) mass is 449 g/mol. The molecule has 3 aromatic carbocycles. The molecule has 0 aromatic heterocycles. The third kappa shape index (κ3) is 4.32. The normalized spacial score (nSPS) is 18.0. The Balaban J connectivity index is 1.50. The van der Waals surface area contributed by atoms with Crippen LogP contribution in [-0.4, -0.2) is 33.4 Å². The number of ether oxygens (including phenoxy) is 1. The van der Waals surface area contributed by atoms with E-state index < -0.39 is 10.0 Å². The molecule has 2 atom stereocenters. The lowest BCUT2D eigenvalue weighted by Crippen LogP contribution is -2.29. The minimum Gasteiger partial charge on any atom is -0.497 e. The molecular weight excluding hydrogens is 418 g/mol. The molecule has 0 fully saturated rings. The summed E-state index contributed by atoms with van der Waals surface area (Å²) in [5, 5.41) is 0. The van der Waals surface area contributed by atoms with Crippen LogP contribution in [0.5, 0.6) is 5.75 Å². The average Bonchev–Trinajstić information content (AvgIpc) is 3.12. The Morgan fingerprint density at radius 1 is 0.969 bits per heavy atom. The summed E-state index contributed by atoms with van der Waals surface area (Å²) in [5.41, 5.74) is 5.90. The van der Waals surface area contributed by atoms with Crippen LogP contribution in [0.2, 0.25) is 0 Å². The Hall–Kier alpha value is -2.63. The fourth-order valence-corrected chi connectivity index (χ4v) is 6.17. The lowest BCUT2D eigenvalue weighted by Gasteiger charge is -2.21. The number of hydrogen-bond acceptors (Lipinski definition) is 3. The van der Waals surface area contributed by atoms with E-state index in [-0.39, 0.29) is 0 Å². The third-order valence-corrected chi connectivity index (χ3v) is 8.71. The summed E-state index contributed by atoms with van der Waals surface area (Å²) >= 11 is 0. The van der Waals surface area contributed by atoms with Crippen LogP contribution in [0.25, 0.3) is 11.1 Å². The molecule has 168 valence electrons. The number of benzene rings is 3. The van der Waals surface area contributed by atoms with Crippen LogP contribution in [0.15, 0.2) is 71.6 Å². The third-order valence-electron chi connectivity index (χ3n) is 6.69. The minimum absolute atomic E-state index is 0.374. The van der Waals surface area contributed by atoms with E-state index in [1.807, 2.05) is 31.2 Å². The summed E-state index contributed by atoms with van der Waals surface area (Å²) in [6.45, 7) is 4.62. The van der Waals surface area contributed by atoms with Gasteiger partial charge in [0.05, 0.1) is 12.0 Å². The lowest BCUT2D eigenvalue weighted by atomic mass is 9.95. The molecule has 0 unspecified atom stereocenters. The first kappa shape index (κ1) is 22.6. The van der Waals surface area contributed by atoms with Crippen molar-refractivity contribution < 1.29 is 13.2 Å². The molecule has 0 aliphatic heterocycles. The number of rotatable bonds is 7. The molecule has 1 aliphatic carbocycles. The van der Waals surface area contributed by atoms with Crippen molar-refractivity contribution in [3.63, 3.8) is 0 Å². The molecule has 0 radical (unpaired) electrons. The van der Waals surface area contributed by atoms with E-state index in [4.69, 9.17) is 4.74 Å². The predicted octanol–water partition coefficient (Wildman–Crippen LogP) is 5.97. The highest BCUT2D eigenvalue weighted by Crippen LogP contribution is 2.44. The second-order valence-corrected chi connectivity index (χ2v) is 10.8. The van der Waals surface area contributed by atoms with Crippen molar-refractivity contribution in [3.8, 4) is 16.9 Å². The Morgan fingerprint density at radius 2 is 1.66 bits per heavy atom. The van der Waals surface area contributed by atoms with E-state index in [1.165, 1.54) is 26.6 Å². The lowest BCUT2D eigenvalue weighted by molar-refractivity contribution is 0.415. The Kier molecular flexibility index (Phi) is 6.40. The van der Waals surface area contributed by atoms with Gasteiger partial charge in [-0.25, -0.2) is 12.7 Å². The summed E-state index contributed by atoms with van der Waals surface area (Å²) in [6.07, 6.45) is 1.88. The van der Waals surface area contributed by atoms with Crippen LogP contribution in [0, 0.1) is 6.92 Å². The second-order valence-electron chi connectivity index (χ2n) is 8.79. The smallest absolute Gasteiger partial charge is 0.243 e. The first-order valence-corrected chi connectivity index (χ1v) is 12.6. The quantitative estimate of drug-likeness (QED) is 0.446. The van der Waals surface area contributed by atoms with Gasteiger partial charge in [-0.3, -0.25) is 0 Å². The first-order chi connectivity index (χ1) is 15.3. The highest BCUT2D eigenvalue weighted by atomic mass is 32.2. The zero-order valence-electron chi connectivity index (χ0n) is 19.2. The SMILES string of the molecule is COc1ccc(-c2ccc3c(c2)[C@H](C)C[C@H]3CCN(C)S(=O)(=O)c2ccccc2C)cc1. The molecule has 0 spiro atoms. The van der Waals surface area contributed by atoms with Crippen molar-refractivity contribution in [1.29, 1.82) is 0 Å². The van der Waals surface area contributed by atoms with Crippen molar-refractivity contribution >= 4 is 10.0 Å². The minimum atomic E-state index is -3.48. The number of fused-ring (bicyclic) bond motifs is 1. The number of hydrogen-bond donors (Lipinski definition) is 0. The number of aryl methyl sites for hydroxylation is 1. The van der Waals surface area contributed by atoms with Crippen molar-refractivity contribution in [2.24, 2.45) is 0 Å². The molecule has 0 heterocycles. The predicted molar refractivity (Wildman–Crippen MR) is 130 cm³/mol. The van der Waals surface area contributed by atoms with E-state index in [2.05, 4.69) is 37.3 Å². The van der Waals surface area contributed by atoms with E-state index >= 15 is 0 Å².